The summed E-state index contributed by atoms with van der Waals surface area (Å²) in [5, 5.41) is 12.8. The summed E-state index contributed by atoms with van der Waals surface area (Å²) in [6, 6.07) is 5.54. The highest BCUT2D eigenvalue weighted by molar-refractivity contribution is 14.1. The summed E-state index contributed by atoms with van der Waals surface area (Å²) >= 11 is 9.27. The van der Waals surface area contributed by atoms with Crippen molar-refractivity contribution in [3.63, 3.8) is 0 Å². The number of carbonyl (C=O) groups is 1. The molecule has 0 amide bonds. The van der Waals surface area contributed by atoms with Crippen LogP contribution in [0.4, 0.5) is 10.8 Å². The summed E-state index contributed by atoms with van der Waals surface area (Å²) in [6.07, 6.45) is 1.32. The molecular weight excluding hydrogens is 375 g/mol. The van der Waals surface area contributed by atoms with Crippen molar-refractivity contribution in [1.82, 2.24) is 4.98 Å². The van der Waals surface area contributed by atoms with E-state index in [4.69, 9.17) is 16.7 Å². The molecule has 88 valence electrons. The number of aromatic carboxylic acids is 1. The SMILES string of the molecule is O=C(O)c1cnc(Nc2ccc(I)cc2Cl)s1. The number of nitrogens with zero attached hydrogens (tertiary/aromatic N) is 1. The number of rotatable bonds is 3. The number of carboxylic acids is 1. The molecule has 0 unspecified atom stereocenters. The molecule has 0 aliphatic rings. The average Bonchev–Trinajstić information content (AvgIpc) is 2.71. The molecule has 2 N–H and O–H groups in total. The lowest BCUT2D eigenvalue weighted by atomic mass is 10.3. The van der Waals surface area contributed by atoms with E-state index in [0.717, 1.165) is 14.9 Å². The van der Waals surface area contributed by atoms with Crippen LogP contribution in [0.1, 0.15) is 9.67 Å². The van der Waals surface area contributed by atoms with Gasteiger partial charge in [-0.1, -0.05) is 22.9 Å². The van der Waals surface area contributed by atoms with Crippen molar-refractivity contribution in [1.29, 1.82) is 0 Å². The minimum absolute atomic E-state index is 0.189. The van der Waals surface area contributed by atoms with Crippen molar-refractivity contribution >= 4 is 62.3 Å². The van der Waals surface area contributed by atoms with Gasteiger partial charge >= 0.3 is 5.97 Å². The Kier molecular flexibility index (Phi) is 3.85. The van der Waals surface area contributed by atoms with E-state index >= 15 is 0 Å². The maximum Gasteiger partial charge on any atom is 0.347 e. The highest BCUT2D eigenvalue weighted by atomic mass is 127. The van der Waals surface area contributed by atoms with Crippen molar-refractivity contribution in [3.05, 3.63) is 37.9 Å². The van der Waals surface area contributed by atoms with Crippen LogP contribution in [0.15, 0.2) is 24.4 Å². The van der Waals surface area contributed by atoms with E-state index in [0.29, 0.717) is 15.8 Å². The fourth-order valence-corrected chi connectivity index (χ4v) is 2.71. The minimum Gasteiger partial charge on any atom is -0.477 e. The van der Waals surface area contributed by atoms with Gasteiger partial charge in [0.25, 0.3) is 0 Å². The van der Waals surface area contributed by atoms with E-state index in [9.17, 15) is 4.79 Å². The van der Waals surface area contributed by atoms with Crippen molar-refractivity contribution < 1.29 is 9.90 Å². The smallest absolute Gasteiger partial charge is 0.347 e. The molecular formula is C10H6ClIN2O2S. The number of nitrogens with one attached hydrogen (secondary N) is 1. The van der Waals surface area contributed by atoms with Crippen molar-refractivity contribution in [2.45, 2.75) is 0 Å². The van der Waals surface area contributed by atoms with Crippen LogP contribution in [0.2, 0.25) is 5.02 Å². The van der Waals surface area contributed by atoms with E-state index in [1.165, 1.54) is 6.20 Å². The largest absolute Gasteiger partial charge is 0.477 e. The van der Waals surface area contributed by atoms with Gasteiger partial charge in [-0.25, -0.2) is 9.78 Å². The molecule has 0 bridgehead atoms. The normalized spacial score (nSPS) is 10.2. The first-order valence-corrected chi connectivity index (χ1v) is 6.75. The Morgan fingerprint density at radius 1 is 1.53 bits per heavy atom. The molecule has 0 radical (unpaired) electrons. The first-order chi connectivity index (χ1) is 8.06. The maximum absolute atomic E-state index is 10.7. The van der Waals surface area contributed by atoms with E-state index in [1.54, 1.807) is 0 Å². The van der Waals surface area contributed by atoms with Gasteiger partial charge in [0, 0.05) is 3.57 Å². The zero-order valence-corrected chi connectivity index (χ0v) is 12.0. The fourth-order valence-electron chi connectivity index (χ4n) is 1.14. The number of aromatic nitrogens is 1. The Labute approximate surface area is 120 Å². The molecule has 1 aromatic carbocycles. The predicted molar refractivity (Wildman–Crippen MR) is 76.5 cm³/mol. The Hall–Kier alpha value is -0.860. The number of hydrogen-bond acceptors (Lipinski definition) is 4. The van der Waals surface area contributed by atoms with Gasteiger partial charge in [-0.15, -0.1) is 0 Å². The third kappa shape index (κ3) is 3.08. The van der Waals surface area contributed by atoms with Gasteiger partial charge in [-0.3, -0.25) is 0 Å². The molecule has 1 aromatic heterocycles. The predicted octanol–water partition coefficient (Wildman–Crippen LogP) is 3.84. The second-order valence-electron chi connectivity index (χ2n) is 3.08. The van der Waals surface area contributed by atoms with Crippen LogP contribution in [0.5, 0.6) is 0 Å². The molecule has 17 heavy (non-hydrogen) atoms. The number of halogens is 2. The Morgan fingerprint density at radius 3 is 2.88 bits per heavy atom. The molecule has 0 fully saturated rings. The summed E-state index contributed by atoms with van der Waals surface area (Å²) in [5.41, 5.74) is 0.707. The lowest BCUT2D eigenvalue weighted by molar-refractivity contribution is 0.0702. The lowest BCUT2D eigenvalue weighted by Gasteiger charge is -2.04. The third-order valence-electron chi connectivity index (χ3n) is 1.89. The van der Waals surface area contributed by atoms with E-state index < -0.39 is 5.97 Å². The van der Waals surface area contributed by atoms with Gasteiger partial charge in [0.1, 0.15) is 4.88 Å². The summed E-state index contributed by atoms with van der Waals surface area (Å²) in [4.78, 5) is 14.8. The Morgan fingerprint density at radius 2 is 2.29 bits per heavy atom. The van der Waals surface area contributed by atoms with Crippen LogP contribution in [0.3, 0.4) is 0 Å². The molecule has 0 spiro atoms. The number of anilines is 2. The number of carboxylic acid groups (broad SMARTS) is 1. The van der Waals surface area contributed by atoms with Crippen molar-refractivity contribution in [3.8, 4) is 0 Å². The molecule has 2 rings (SSSR count). The van der Waals surface area contributed by atoms with Gasteiger partial charge in [0.15, 0.2) is 5.13 Å². The first kappa shape index (κ1) is 12.6. The molecule has 1 heterocycles. The number of hydrogen-bond donors (Lipinski definition) is 2. The molecule has 2 aromatic rings. The first-order valence-electron chi connectivity index (χ1n) is 4.47. The van der Waals surface area contributed by atoms with E-state index in [1.807, 2.05) is 18.2 Å². The van der Waals surface area contributed by atoms with Crippen molar-refractivity contribution in [2.24, 2.45) is 0 Å². The molecule has 0 saturated carbocycles. The van der Waals surface area contributed by atoms with Crippen LogP contribution in [-0.4, -0.2) is 16.1 Å². The molecule has 0 saturated heterocycles. The van der Waals surface area contributed by atoms with Crippen molar-refractivity contribution in [2.75, 3.05) is 5.32 Å². The van der Waals surface area contributed by atoms with Crippen LogP contribution >= 0.6 is 45.5 Å². The highest BCUT2D eigenvalue weighted by Gasteiger charge is 2.09. The fraction of sp³-hybridized carbons (Fsp3) is 0. The minimum atomic E-state index is -0.982. The molecule has 4 nitrogen and oxygen atoms in total. The lowest BCUT2D eigenvalue weighted by Crippen LogP contribution is -1.90. The van der Waals surface area contributed by atoms with Gasteiger partial charge < -0.3 is 10.4 Å². The second-order valence-corrected chi connectivity index (χ2v) is 5.77. The van der Waals surface area contributed by atoms with Crippen LogP contribution in [0.25, 0.3) is 0 Å². The van der Waals surface area contributed by atoms with Gasteiger partial charge in [-0.05, 0) is 40.8 Å². The quantitative estimate of drug-likeness (QED) is 0.794. The molecule has 7 heteroatoms. The van der Waals surface area contributed by atoms with E-state index in [-0.39, 0.29) is 4.88 Å². The standard InChI is InChI=1S/C10H6ClIN2O2S/c11-6-3-5(12)1-2-7(6)14-10-13-4-8(17-10)9(15)16/h1-4H,(H,13,14)(H,15,16). The summed E-state index contributed by atoms with van der Waals surface area (Å²) in [7, 11) is 0. The van der Waals surface area contributed by atoms with Gasteiger partial charge in [0.2, 0.25) is 0 Å². The van der Waals surface area contributed by atoms with Crippen LogP contribution < -0.4 is 5.32 Å². The Balaban J connectivity index is 2.22. The zero-order chi connectivity index (χ0) is 12.4. The van der Waals surface area contributed by atoms with E-state index in [2.05, 4.69) is 32.9 Å². The number of benzene rings is 1. The monoisotopic (exact) mass is 380 g/mol. The summed E-state index contributed by atoms with van der Waals surface area (Å²) < 4.78 is 1.03. The molecule has 0 atom stereocenters. The summed E-state index contributed by atoms with van der Waals surface area (Å²) in [5.74, 6) is -0.982. The topological polar surface area (TPSA) is 62.2 Å². The Bertz CT molecular complexity index is 573. The molecule has 0 aliphatic carbocycles. The summed E-state index contributed by atoms with van der Waals surface area (Å²) in [6.45, 7) is 0. The van der Waals surface area contributed by atoms with Gasteiger partial charge in [-0.2, -0.15) is 0 Å². The second kappa shape index (κ2) is 5.19. The zero-order valence-electron chi connectivity index (χ0n) is 8.28. The maximum atomic E-state index is 10.7. The van der Waals surface area contributed by atoms with Gasteiger partial charge in [0.05, 0.1) is 16.9 Å². The van der Waals surface area contributed by atoms with Crippen LogP contribution in [0, 0.1) is 3.57 Å². The average molecular weight is 381 g/mol. The number of thiazole rings is 1. The molecule has 0 aliphatic heterocycles. The third-order valence-corrected chi connectivity index (χ3v) is 3.77. The van der Waals surface area contributed by atoms with Crippen LogP contribution in [-0.2, 0) is 0 Å². The highest BCUT2D eigenvalue weighted by Crippen LogP contribution is 2.29.